The van der Waals surface area contributed by atoms with Crippen LogP contribution in [0.5, 0.6) is 0 Å². The molecule has 0 amide bonds. The van der Waals surface area contributed by atoms with Crippen molar-refractivity contribution in [3.05, 3.63) is 29.3 Å². The molecule has 168 valence electrons. The Morgan fingerprint density at radius 3 is 2.33 bits per heavy atom. The van der Waals surface area contributed by atoms with Crippen molar-refractivity contribution in [1.29, 1.82) is 0 Å². The number of hydrogen-bond donors (Lipinski definition) is 1. The number of ketones is 1. The first kappa shape index (κ1) is 24.5. The number of hydrogen-bond acceptors (Lipinski definition) is 6. The Hall–Kier alpha value is -1.77. The van der Waals surface area contributed by atoms with E-state index in [4.69, 9.17) is 9.47 Å². The number of benzene rings is 1. The van der Waals surface area contributed by atoms with Gasteiger partial charge < -0.3 is 9.47 Å². The van der Waals surface area contributed by atoms with Crippen LogP contribution >= 0.6 is 0 Å². The van der Waals surface area contributed by atoms with Gasteiger partial charge in [0.2, 0.25) is 10.0 Å². The number of sulfonamides is 1. The maximum Gasteiger partial charge on any atom is 0.338 e. The molecule has 0 saturated carbocycles. The van der Waals surface area contributed by atoms with Crippen LogP contribution < -0.4 is 4.72 Å². The predicted molar refractivity (Wildman–Crippen MR) is 114 cm³/mol. The molecule has 1 fully saturated rings. The van der Waals surface area contributed by atoms with Gasteiger partial charge in [0.05, 0.1) is 17.6 Å². The molecule has 2 rings (SSSR count). The molecule has 1 aliphatic heterocycles. The van der Waals surface area contributed by atoms with E-state index in [9.17, 15) is 18.0 Å². The van der Waals surface area contributed by atoms with Crippen molar-refractivity contribution in [3.63, 3.8) is 0 Å². The molecular formula is C22H33NO6S. The second-order valence-electron chi connectivity index (χ2n) is 8.40. The molecule has 0 spiro atoms. The third-order valence-corrected chi connectivity index (χ3v) is 7.56. The quantitative estimate of drug-likeness (QED) is 0.467. The zero-order valence-electron chi connectivity index (χ0n) is 18.4. The summed E-state index contributed by atoms with van der Waals surface area (Å²) < 4.78 is 38.5. The second-order valence-corrected chi connectivity index (χ2v) is 10.1. The molecule has 0 bridgehead atoms. The number of carbonyl (C=O) groups excluding carboxylic acids is 2. The molecule has 0 aliphatic carbocycles. The largest absolute Gasteiger partial charge is 0.465 e. The van der Waals surface area contributed by atoms with Crippen LogP contribution in [0.25, 0.3) is 0 Å². The maximum absolute atomic E-state index is 12.9. The first-order chi connectivity index (χ1) is 14.1. The summed E-state index contributed by atoms with van der Waals surface area (Å²) in [6.07, 6.45) is 1.88. The number of methoxy groups -OCH3 is 1. The molecule has 7 nitrogen and oxygen atoms in total. The Morgan fingerprint density at radius 1 is 1.13 bits per heavy atom. The van der Waals surface area contributed by atoms with Crippen molar-refractivity contribution in [1.82, 2.24) is 4.72 Å². The van der Waals surface area contributed by atoms with Crippen LogP contribution in [0.4, 0.5) is 0 Å². The topological polar surface area (TPSA) is 98.8 Å². The van der Waals surface area contributed by atoms with Crippen molar-refractivity contribution < 1.29 is 27.5 Å². The van der Waals surface area contributed by atoms with Gasteiger partial charge in [0, 0.05) is 31.2 Å². The van der Waals surface area contributed by atoms with Gasteiger partial charge in [0.1, 0.15) is 0 Å². The van der Waals surface area contributed by atoms with Gasteiger partial charge in [0.15, 0.2) is 5.78 Å². The number of rotatable bonds is 9. The maximum atomic E-state index is 12.9. The van der Waals surface area contributed by atoms with Gasteiger partial charge in [-0.2, -0.15) is 0 Å². The zero-order chi connectivity index (χ0) is 22.5. The summed E-state index contributed by atoms with van der Waals surface area (Å²) in [5, 5.41) is 0. The van der Waals surface area contributed by atoms with Crippen LogP contribution in [-0.2, 0) is 19.5 Å². The number of Topliss-reactive ketones (excluding diaryl/α,β-unsaturated/α-hetero) is 1. The summed E-state index contributed by atoms with van der Waals surface area (Å²) in [5.74, 6) is -0.300. The fourth-order valence-electron chi connectivity index (χ4n) is 3.53. The zero-order valence-corrected chi connectivity index (χ0v) is 19.3. The normalized spacial score (nSPS) is 17.5. The van der Waals surface area contributed by atoms with E-state index in [0.717, 1.165) is 12.8 Å². The van der Waals surface area contributed by atoms with Crippen molar-refractivity contribution in [2.75, 3.05) is 20.3 Å². The lowest BCUT2D eigenvalue weighted by Crippen LogP contribution is -2.38. The summed E-state index contributed by atoms with van der Waals surface area (Å²) in [4.78, 5) is 25.1. The van der Waals surface area contributed by atoms with E-state index >= 15 is 0 Å². The van der Waals surface area contributed by atoms with Crippen molar-refractivity contribution in [2.45, 2.75) is 57.9 Å². The second kappa shape index (κ2) is 10.5. The fourth-order valence-corrected chi connectivity index (χ4v) is 4.89. The van der Waals surface area contributed by atoms with E-state index in [1.165, 1.54) is 25.3 Å². The molecule has 0 aromatic heterocycles. The summed E-state index contributed by atoms with van der Waals surface area (Å²) >= 11 is 0. The van der Waals surface area contributed by atoms with E-state index in [0.29, 0.717) is 25.6 Å². The van der Waals surface area contributed by atoms with E-state index in [2.05, 4.69) is 4.72 Å². The van der Waals surface area contributed by atoms with E-state index in [1.807, 2.05) is 27.7 Å². The molecule has 1 aromatic rings. The highest BCUT2D eigenvalue weighted by molar-refractivity contribution is 7.89. The van der Waals surface area contributed by atoms with Crippen LogP contribution in [0.1, 0.15) is 67.7 Å². The number of carbonyl (C=O) groups is 2. The van der Waals surface area contributed by atoms with Gasteiger partial charge in [-0.25, -0.2) is 17.9 Å². The lowest BCUT2D eigenvalue weighted by atomic mass is 9.90. The number of esters is 1. The summed E-state index contributed by atoms with van der Waals surface area (Å²) in [7, 11) is -2.65. The number of nitrogens with one attached hydrogen (secondary N) is 1. The van der Waals surface area contributed by atoms with Gasteiger partial charge in [-0.15, -0.1) is 0 Å². The predicted octanol–water partition coefficient (Wildman–Crippen LogP) is 3.43. The van der Waals surface area contributed by atoms with Gasteiger partial charge in [-0.3, -0.25) is 4.79 Å². The molecular weight excluding hydrogens is 406 g/mol. The number of ether oxygens (including phenoxy) is 2. The third-order valence-electron chi connectivity index (χ3n) is 6.00. The van der Waals surface area contributed by atoms with Crippen molar-refractivity contribution in [3.8, 4) is 0 Å². The lowest BCUT2D eigenvalue weighted by Gasteiger charge is -2.24. The molecule has 0 radical (unpaired) electrons. The third kappa shape index (κ3) is 6.12. The highest BCUT2D eigenvalue weighted by Gasteiger charge is 2.27. The Balaban J connectivity index is 2.30. The van der Waals surface area contributed by atoms with Gasteiger partial charge in [-0.1, -0.05) is 20.8 Å². The molecule has 1 saturated heterocycles. The van der Waals surface area contributed by atoms with E-state index < -0.39 is 16.0 Å². The Kier molecular flexibility index (Phi) is 8.58. The average molecular weight is 440 g/mol. The van der Waals surface area contributed by atoms with Crippen molar-refractivity contribution >= 4 is 21.8 Å². The molecule has 30 heavy (non-hydrogen) atoms. The Morgan fingerprint density at radius 2 is 1.77 bits per heavy atom. The standard InChI is InChI=1S/C22H33NO6S/c1-14(2)15(3)16(4)23-30(26,27)18-6-7-19(20(13-18)22(25)28-5)21(24)12-17-8-10-29-11-9-17/h6-7,13-17,23H,8-12H2,1-5H3/t15-,16+/m1/s1. The van der Waals surface area contributed by atoms with E-state index in [-0.39, 0.29) is 39.7 Å². The SMILES string of the molecule is COC(=O)c1cc(S(=O)(=O)N[C@@H](C)[C@H](C)C(C)C)ccc1C(=O)CC1CCOCC1. The van der Waals surface area contributed by atoms with Gasteiger partial charge in [0.25, 0.3) is 0 Å². The molecule has 8 heteroatoms. The average Bonchev–Trinajstić information content (AvgIpc) is 2.72. The van der Waals surface area contributed by atoms with Crippen LogP contribution in [-0.4, -0.2) is 46.5 Å². The molecule has 1 aliphatic rings. The lowest BCUT2D eigenvalue weighted by molar-refractivity contribution is 0.0576. The minimum absolute atomic E-state index is 0.0259. The Bertz CT molecular complexity index is 858. The highest BCUT2D eigenvalue weighted by atomic mass is 32.2. The van der Waals surface area contributed by atoms with Gasteiger partial charge in [-0.05, 0) is 55.7 Å². The highest BCUT2D eigenvalue weighted by Crippen LogP contribution is 2.25. The first-order valence-electron chi connectivity index (χ1n) is 10.4. The summed E-state index contributed by atoms with van der Waals surface area (Å²) in [5.41, 5.74) is 0.165. The summed E-state index contributed by atoms with van der Waals surface area (Å²) in [6, 6.07) is 3.74. The van der Waals surface area contributed by atoms with Gasteiger partial charge >= 0.3 is 5.97 Å². The van der Waals surface area contributed by atoms with E-state index in [1.54, 1.807) is 0 Å². The minimum atomic E-state index is -3.86. The van der Waals surface area contributed by atoms with Crippen molar-refractivity contribution in [2.24, 2.45) is 17.8 Å². The van der Waals surface area contributed by atoms with Crippen LogP contribution in [0.3, 0.4) is 0 Å². The van der Waals surface area contributed by atoms with Crippen LogP contribution in [0, 0.1) is 17.8 Å². The molecule has 1 aromatic carbocycles. The van der Waals surface area contributed by atoms with Crippen LogP contribution in [0.2, 0.25) is 0 Å². The molecule has 0 unspecified atom stereocenters. The minimum Gasteiger partial charge on any atom is -0.465 e. The molecule has 2 atom stereocenters. The van der Waals surface area contributed by atoms with Crippen LogP contribution in [0.15, 0.2) is 23.1 Å². The Labute approximate surface area is 179 Å². The molecule has 1 heterocycles. The first-order valence-corrected chi connectivity index (χ1v) is 11.9. The smallest absolute Gasteiger partial charge is 0.338 e. The monoisotopic (exact) mass is 439 g/mol. The fraction of sp³-hybridized carbons (Fsp3) is 0.636. The molecule has 1 N–H and O–H groups in total. The summed E-state index contributed by atoms with van der Waals surface area (Å²) in [6.45, 7) is 9.10.